The standard InChI is InChI=1S/C17H28N6O2/c1-22(2)16-19-10-13(11-20-16)21-17(24)23-7-5-12(6-8-23)15-14(18)4-3-9-25-15/h10-12,14-15H,3-9,18H2,1-2H3,(H,21,24). The van der Waals surface area contributed by atoms with Crippen LogP contribution in [0.15, 0.2) is 12.4 Å². The van der Waals surface area contributed by atoms with Gasteiger partial charge in [-0.25, -0.2) is 14.8 Å². The summed E-state index contributed by atoms with van der Waals surface area (Å²) in [6.07, 6.45) is 7.35. The average Bonchev–Trinajstić information content (AvgIpc) is 2.63. The normalized spacial score (nSPS) is 24.8. The van der Waals surface area contributed by atoms with Crippen molar-refractivity contribution < 1.29 is 9.53 Å². The van der Waals surface area contributed by atoms with Gasteiger partial charge in [0.15, 0.2) is 0 Å². The number of urea groups is 1. The van der Waals surface area contributed by atoms with Crippen LogP contribution in [0.4, 0.5) is 16.4 Å². The highest BCUT2D eigenvalue weighted by molar-refractivity contribution is 5.89. The van der Waals surface area contributed by atoms with Crippen molar-refractivity contribution in [3.63, 3.8) is 0 Å². The van der Waals surface area contributed by atoms with Gasteiger partial charge in [-0.1, -0.05) is 0 Å². The number of rotatable bonds is 3. The Hall–Kier alpha value is -1.93. The number of anilines is 2. The lowest BCUT2D eigenvalue weighted by molar-refractivity contribution is -0.0468. The molecule has 2 aliphatic rings. The van der Waals surface area contributed by atoms with E-state index in [4.69, 9.17) is 10.5 Å². The van der Waals surface area contributed by atoms with Crippen LogP contribution in [0, 0.1) is 5.92 Å². The number of carbonyl (C=O) groups excluding carboxylic acids is 1. The van der Waals surface area contributed by atoms with Gasteiger partial charge in [-0.15, -0.1) is 0 Å². The Bertz CT molecular complexity index is 571. The van der Waals surface area contributed by atoms with E-state index in [0.717, 1.165) is 45.4 Å². The molecular weight excluding hydrogens is 320 g/mol. The Morgan fingerprint density at radius 1 is 1.28 bits per heavy atom. The van der Waals surface area contributed by atoms with Crippen LogP contribution in [0.5, 0.6) is 0 Å². The maximum atomic E-state index is 12.4. The van der Waals surface area contributed by atoms with Gasteiger partial charge in [-0.05, 0) is 31.6 Å². The monoisotopic (exact) mass is 348 g/mol. The van der Waals surface area contributed by atoms with Crippen molar-refractivity contribution in [1.29, 1.82) is 0 Å². The zero-order chi connectivity index (χ0) is 17.8. The lowest BCUT2D eigenvalue weighted by Gasteiger charge is -2.40. The van der Waals surface area contributed by atoms with Gasteiger partial charge in [0.1, 0.15) is 0 Å². The smallest absolute Gasteiger partial charge is 0.321 e. The molecule has 2 atom stereocenters. The number of nitrogens with zero attached hydrogens (tertiary/aromatic N) is 4. The lowest BCUT2D eigenvalue weighted by atomic mass is 9.85. The molecular formula is C17H28N6O2. The van der Waals surface area contributed by atoms with Crippen LogP contribution in [-0.4, -0.2) is 66.8 Å². The zero-order valence-electron chi connectivity index (χ0n) is 15.0. The van der Waals surface area contributed by atoms with Gasteiger partial charge in [-0.2, -0.15) is 0 Å². The Kier molecular flexibility index (Phi) is 5.70. The first-order valence-corrected chi connectivity index (χ1v) is 8.97. The van der Waals surface area contributed by atoms with E-state index in [-0.39, 0.29) is 18.2 Å². The summed E-state index contributed by atoms with van der Waals surface area (Å²) in [6.45, 7) is 2.25. The fourth-order valence-corrected chi connectivity index (χ4v) is 3.56. The maximum absolute atomic E-state index is 12.4. The predicted octanol–water partition coefficient (Wildman–Crippen LogP) is 1.29. The minimum Gasteiger partial charge on any atom is -0.376 e. The summed E-state index contributed by atoms with van der Waals surface area (Å²) < 4.78 is 5.89. The molecule has 138 valence electrons. The third-order valence-corrected chi connectivity index (χ3v) is 5.00. The number of nitrogens with one attached hydrogen (secondary N) is 1. The van der Waals surface area contributed by atoms with Crippen molar-refractivity contribution in [3.05, 3.63) is 12.4 Å². The van der Waals surface area contributed by atoms with Crippen molar-refractivity contribution in [2.75, 3.05) is 44.0 Å². The minimum absolute atomic E-state index is 0.103. The number of hydrogen-bond donors (Lipinski definition) is 2. The van der Waals surface area contributed by atoms with Gasteiger partial charge in [0.2, 0.25) is 5.95 Å². The number of hydrogen-bond acceptors (Lipinski definition) is 6. The molecule has 2 amide bonds. The molecule has 0 saturated carbocycles. The molecule has 2 unspecified atom stereocenters. The van der Waals surface area contributed by atoms with Gasteiger partial charge in [0, 0.05) is 39.8 Å². The van der Waals surface area contributed by atoms with Crippen molar-refractivity contribution in [2.24, 2.45) is 11.7 Å². The van der Waals surface area contributed by atoms with Gasteiger partial charge in [0.05, 0.1) is 24.2 Å². The summed E-state index contributed by atoms with van der Waals surface area (Å²) in [7, 11) is 3.75. The molecule has 0 aromatic carbocycles. The summed E-state index contributed by atoms with van der Waals surface area (Å²) >= 11 is 0. The summed E-state index contributed by atoms with van der Waals surface area (Å²) in [5, 5.41) is 2.87. The second kappa shape index (κ2) is 7.97. The van der Waals surface area contributed by atoms with Crippen LogP contribution in [0.1, 0.15) is 25.7 Å². The number of amides is 2. The van der Waals surface area contributed by atoms with E-state index in [1.807, 2.05) is 23.9 Å². The molecule has 3 N–H and O–H groups in total. The first-order valence-electron chi connectivity index (χ1n) is 8.97. The number of ether oxygens (including phenoxy) is 1. The first-order chi connectivity index (χ1) is 12.0. The SMILES string of the molecule is CN(C)c1ncc(NC(=O)N2CCC(C3OCCCC3N)CC2)cn1. The third-order valence-electron chi connectivity index (χ3n) is 5.00. The molecule has 2 saturated heterocycles. The molecule has 3 rings (SSSR count). The highest BCUT2D eigenvalue weighted by atomic mass is 16.5. The van der Waals surface area contributed by atoms with Gasteiger partial charge in [0.25, 0.3) is 0 Å². The van der Waals surface area contributed by atoms with E-state index in [1.165, 1.54) is 0 Å². The van der Waals surface area contributed by atoms with Crippen molar-refractivity contribution in [2.45, 2.75) is 37.8 Å². The topological polar surface area (TPSA) is 96.6 Å². The molecule has 25 heavy (non-hydrogen) atoms. The predicted molar refractivity (Wildman–Crippen MR) is 96.6 cm³/mol. The number of likely N-dealkylation sites (tertiary alicyclic amines) is 1. The third kappa shape index (κ3) is 4.38. The number of carbonyl (C=O) groups is 1. The van der Waals surface area contributed by atoms with E-state index in [9.17, 15) is 4.79 Å². The minimum atomic E-state index is -0.103. The Morgan fingerprint density at radius 2 is 1.96 bits per heavy atom. The number of aromatic nitrogens is 2. The largest absolute Gasteiger partial charge is 0.376 e. The Morgan fingerprint density at radius 3 is 2.56 bits per heavy atom. The summed E-state index contributed by atoms with van der Waals surface area (Å²) in [5.41, 5.74) is 6.81. The van der Waals surface area contributed by atoms with Crippen LogP contribution in [0.3, 0.4) is 0 Å². The summed E-state index contributed by atoms with van der Waals surface area (Å²) in [4.78, 5) is 24.5. The molecule has 3 heterocycles. The van der Waals surface area contributed by atoms with Crippen molar-refractivity contribution in [1.82, 2.24) is 14.9 Å². The fraction of sp³-hybridized carbons (Fsp3) is 0.706. The number of piperidine rings is 1. The molecule has 8 heteroatoms. The van der Waals surface area contributed by atoms with Crippen molar-refractivity contribution in [3.8, 4) is 0 Å². The highest BCUT2D eigenvalue weighted by Crippen LogP contribution is 2.28. The second-order valence-corrected chi connectivity index (χ2v) is 7.06. The number of nitrogens with two attached hydrogens (primary N) is 1. The van der Waals surface area contributed by atoms with Crippen LogP contribution < -0.4 is 16.0 Å². The van der Waals surface area contributed by atoms with Crippen molar-refractivity contribution >= 4 is 17.7 Å². The Balaban J connectivity index is 1.49. The Labute approximate surface area is 148 Å². The molecule has 1 aromatic rings. The fourth-order valence-electron chi connectivity index (χ4n) is 3.56. The lowest BCUT2D eigenvalue weighted by Crippen LogP contribution is -2.50. The van der Waals surface area contributed by atoms with E-state index in [2.05, 4.69) is 15.3 Å². The first kappa shape index (κ1) is 17.9. The molecule has 0 bridgehead atoms. The van der Waals surface area contributed by atoms with Crippen LogP contribution in [0.25, 0.3) is 0 Å². The van der Waals surface area contributed by atoms with E-state index in [0.29, 0.717) is 17.6 Å². The summed E-state index contributed by atoms with van der Waals surface area (Å²) in [6, 6.07) is 0.0278. The molecule has 0 radical (unpaired) electrons. The van der Waals surface area contributed by atoms with E-state index >= 15 is 0 Å². The van der Waals surface area contributed by atoms with Gasteiger partial charge in [-0.3, -0.25) is 0 Å². The van der Waals surface area contributed by atoms with E-state index in [1.54, 1.807) is 12.4 Å². The van der Waals surface area contributed by atoms with Crippen LogP contribution >= 0.6 is 0 Å². The summed E-state index contributed by atoms with van der Waals surface area (Å²) in [5.74, 6) is 1.06. The van der Waals surface area contributed by atoms with Crippen LogP contribution in [-0.2, 0) is 4.74 Å². The average molecular weight is 348 g/mol. The highest BCUT2D eigenvalue weighted by Gasteiger charge is 2.34. The molecule has 2 aliphatic heterocycles. The van der Waals surface area contributed by atoms with Crippen LogP contribution in [0.2, 0.25) is 0 Å². The van der Waals surface area contributed by atoms with Gasteiger partial charge >= 0.3 is 6.03 Å². The zero-order valence-corrected chi connectivity index (χ0v) is 15.0. The quantitative estimate of drug-likeness (QED) is 0.854. The molecule has 0 spiro atoms. The van der Waals surface area contributed by atoms with Gasteiger partial charge < -0.3 is 25.6 Å². The van der Waals surface area contributed by atoms with E-state index < -0.39 is 0 Å². The molecule has 8 nitrogen and oxygen atoms in total. The maximum Gasteiger partial charge on any atom is 0.321 e. The molecule has 2 fully saturated rings. The molecule has 1 aromatic heterocycles. The molecule has 0 aliphatic carbocycles. The second-order valence-electron chi connectivity index (χ2n) is 7.06.